The molecule has 1 rings (SSSR count). The van der Waals surface area contributed by atoms with Crippen molar-refractivity contribution in [1.82, 2.24) is 15.2 Å². The zero-order valence-electron chi connectivity index (χ0n) is 15.0. The lowest BCUT2D eigenvalue weighted by atomic mass is 10.2. The fourth-order valence-electron chi connectivity index (χ4n) is 2.15. The topological polar surface area (TPSA) is 116 Å². The first-order valence-electron chi connectivity index (χ1n) is 7.77. The summed E-state index contributed by atoms with van der Waals surface area (Å²) in [5, 5.41) is 4.24. The van der Waals surface area contributed by atoms with E-state index in [2.05, 4.69) is 5.32 Å². The molecule has 1 heterocycles. The lowest BCUT2D eigenvalue weighted by Gasteiger charge is -2.14. The number of carbonyl (C=O) groups is 4. The van der Waals surface area contributed by atoms with E-state index in [-0.39, 0.29) is 13.2 Å². The van der Waals surface area contributed by atoms with Crippen molar-refractivity contribution in [2.75, 3.05) is 13.7 Å². The van der Waals surface area contributed by atoms with Crippen LogP contribution in [0.4, 0.5) is 4.79 Å². The zero-order valence-corrected chi connectivity index (χ0v) is 15.0. The van der Waals surface area contributed by atoms with Crippen LogP contribution in [0.5, 0.6) is 0 Å². The summed E-state index contributed by atoms with van der Waals surface area (Å²) in [6, 6.07) is 0.937. The Kier molecular flexibility index (Phi) is 7.16. The summed E-state index contributed by atoms with van der Waals surface area (Å²) in [6.07, 6.45) is -1.13. The summed E-state index contributed by atoms with van der Waals surface area (Å²) in [5.41, 5.74) is 1.62. The van der Waals surface area contributed by atoms with Gasteiger partial charge in [-0.1, -0.05) is 0 Å². The Balaban J connectivity index is 2.76. The second kappa shape index (κ2) is 8.86. The van der Waals surface area contributed by atoms with Crippen molar-refractivity contribution < 1.29 is 28.7 Å². The predicted octanol–water partition coefficient (Wildman–Crippen LogP) is 0.669. The minimum atomic E-state index is -1.13. The molecule has 0 fully saturated rings. The second-order valence-corrected chi connectivity index (χ2v) is 5.29. The first kappa shape index (κ1) is 20.2. The van der Waals surface area contributed by atoms with Gasteiger partial charge < -0.3 is 19.4 Å². The maximum absolute atomic E-state index is 12.1. The van der Waals surface area contributed by atoms with Crippen LogP contribution in [0, 0.1) is 13.8 Å². The van der Waals surface area contributed by atoms with Crippen LogP contribution in [0.2, 0.25) is 0 Å². The van der Waals surface area contributed by atoms with Crippen LogP contribution in [-0.2, 0) is 25.6 Å². The number of amides is 3. The highest BCUT2D eigenvalue weighted by molar-refractivity contribution is 5.97. The molecule has 0 radical (unpaired) electrons. The van der Waals surface area contributed by atoms with E-state index < -0.39 is 30.0 Å². The van der Waals surface area contributed by atoms with Gasteiger partial charge in [0, 0.05) is 18.4 Å². The fourth-order valence-corrected chi connectivity index (χ4v) is 2.15. The molecule has 9 nitrogen and oxygen atoms in total. The highest BCUT2D eigenvalue weighted by atomic mass is 16.5. The van der Waals surface area contributed by atoms with Crippen LogP contribution in [-0.4, -0.2) is 48.2 Å². The highest BCUT2D eigenvalue weighted by Crippen LogP contribution is 2.16. The third-order valence-corrected chi connectivity index (χ3v) is 3.50. The minimum absolute atomic E-state index is 0.172. The molecular weight excluding hydrogens is 330 g/mol. The van der Waals surface area contributed by atoms with Gasteiger partial charge in [0.25, 0.3) is 5.91 Å². The Morgan fingerprint density at radius 2 is 1.88 bits per heavy atom. The summed E-state index contributed by atoms with van der Waals surface area (Å²) in [7, 11) is 1.36. The standard InChI is InChI=1S/C16H23N3O6/c1-6-24-15(22)12-7-9(2)19(10(12)3)8-13(20)25-11(4)14(21)18-16(23)17-5/h7,11H,6,8H2,1-5H3,(H2,17,18,21,23)/t11-/m1/s1. The minimum Gasteiger partial charge on any atom is -0.462 e. The zero-order chi connectivity index (χ0) is 19.1. The molecule has 0 aliphatic heterocycles. The van der Waals surface area contributed by atoms with Crippen molar-refractivity contribution in [2.24, 2.45) is 0 Å². The first-order chi connectivity index (χ1) is 11.7. The number of imide groups is 1. The summed E-state index contributed by atoms with van der Waals surface area (Å²) in [5.74, 6) is -1.87. The molecule has 0 unspecified atom stereocenters. The second-order valence-electron chi connectivity index (χ2n) is 5.29. The van der Waals surface area contributed by atoms with E-state index in [1.165, 1.54) is 14.0 Å². The summed E-state index contributed by atoms with van der Waals surface area (Å²) in [6.45, 7) is 6.57. The van der Waals surface area contributed by atoms with Crippen LogP contribution < -0.4 is 10.6 Å². The van der Waals surface area contributed by atoms with Crippen LogP contribution in [0.25, 0.3) is 0 Å². The van der Waals surface area contributed by atoms with Gasteiger partial charge in [-0.15, -0.1) is 0 Å². The van der Waals surface area contributed by atoms with Crippen LogP contribution in [0.15, 0.2) is 6.07 Å². The van der Waals surface area contributed by atoms with Gasteiger partial charge in [0.05, 0.1) is 12.2 Å². The quantitative estimate of drug-likeness (QED) is 0.726. The maximum atomic E-state index is 12.1. The Bertz CT molecular complexity index is 680. The molecule has 0 saturated carbocycles. The van der Waals surface area contributed by atoms with E-state index in [1.807, 2.05) is 5.32 Å². The van der Waals surface area contributed by atoms with Gasteiger partial charge in [0.2, 0.25) is 0 Å². The molecule has 0 saturated heterocycles. The molecule has 0 aliphatic carbocycles. The summed E-state index contributed by atoms with van der Waals surface area (Å²) >= 11 is 0. The number of aromatic nitrogens is 1. The number of nitrogens with zero attached hydrogens (tertiary/aromatic N) is 1. The molecule has 0 aliphatic rings. The molecule has 0 spiro atoms. The molecule has 0 aromatic carbocycles. The van der Waals surface area contributed by atoms with Gasteiger partial charge in [-0.05, 0) is 33.8 Å². The van der Waals surface area contributed by atoms with E-state index in [0.717, 1.165) is 0 Å². The van der Waals surface area contributed by atoms with Crippen molar-refractivity contribution in [2.45, 2.75) is 40.3 Å². The van der Waals surface area contributed by atoms with Gasteiger partial charge in [0.1, 0.15) is 6.54 Å². The van der Waals surface area contributed by atoms with Crippen molar-refractivity contribution in [3.8, 4) is 0 Å². The van der Waals surface area contributed by atoms with E-state index in [1.54, 1.807) is 31.4 Å². The number of esters is 2. The Morgan fingerprint density at radius 3 is 2.44 bits per heavy atom. The Labute approximate surface area is 145 Å². The molecular formula is C16H23N3O6. The lowest BCUT2D eigenvalue weighted by Crippen LogP contribution is -2.43. The Morgan fingerprint density at radius 1 is 1.24 bits per heavy atom. The normalized spacial score (nSPS) is 11.4. The number of hydrogen-bond acceptors (Lipinski definition) is 6. The smallest absolute Gasteiger partial charge is 0.339 e. The average molecular weight is 353 g/mol. The molecule has 2 N–H and O–H groups in total. The van der Waals surface area contributed by atoms with E-state index >= 15 is 0 Å². The lowest BCUT2D eigenvalue weighted by molar-refractivity contribution is -0.155. The maximum Gasteiger partial charge on any atom is 0.339 e. The number of hydrogen-bond donors (Lipinski definition) is 2. The summed E-state index contributed by atoms with van der Waals surface area (Å²) in [4.78, 5) is 46.7. The molecule has 3 amide bonds. The molecule has 1 atom stereocenters. The number of urea groups is 1. The fraction of sp³-hybridized carbons (Fsp3) is 0.500. The van der Waals surface area contributed by atoms with E-state index in [0.29, 0.717) is 17.0 Å². The number of ether oxygens (including phenoxy) is 2. The van der Waals surface area contributed by atoms with Crippen molar-refractivity contribution >= 4 is 23.9 Å². The number of carbonyl (C=O) groups excluding carboxylic acids is 4. The monoisotopic (exact) mass is 353 g/mol. The summed E-state index contributed by atoms with van der Waals surface area (Å²) < 4.78 is 11.6. The van der Waals surface area contributed by atoms with Gasteiger partial charge in [-0.25, -0.2) is 9.59 Å². The van der Waals surface area contributed by atoms with Crippen molar-refractivity contribution in [3.63, 3.8) is 0 Å². The molecule has 25 heavy (non-hydrogen) atoms. The highest BCUT2D eigenvalue weighted by Gasteiger charge is 2.22. The van der Waals surface area contributed by atoms with Crippen LogP contribution >= 0.6 is 0 Å². The average Bonchev–Trinajstić information content (AvgIpc) is 2.82. The third-order valence-electron chi connectivity index (χ3n) is 3.50. The molecule has 1 aromatic rings. The number of nitrogens with one attached hydrogen (secondary N) is 2. The van der Waals surface area contributed by atoms with E-state index in [9.17, 15) is 19.2 Å². The molecule has 138 valence electrons. The third kappa shape index (κ3) is 5.33. The van der Waals surface area contributed by atoms with Crippen LogP contribution in [0.3, 0.4) is 0 Å². The van der Waals surface area contributed by atoms with Crippen molar-refractivity contribution in [3.05, 3.63) is 23.0 Å². The number of rotatable bonds is 6. The molecule has 1 aromatic heterocycles. The predicted molar refractivity (Wildman–Crippen MR) is 88.0 cm³/mol. The SMILES string of the molecule is CCOC(=O)c1cc(C)n(CC(=O)O[C@H](C)C(=O)NC(=O)NC)c1C. The van der Waals surface area contributed by atoms with Gasteiger partial charge in [-0.2, -0.15) is 0 Å². The van der Waals surface area contributed by atoms with E-state index in [4.69, 9.17) is 9.47 Å². The van der Waals surface area contributed by atoms with Gasteiger partial charge in [0.15, 0.2) is 6.10 Å². The largest absolute Gasteiger partial charge is 0.462 e. The van der Waals surface area contributed by atoms with Gasteiger partial charge in [-0.3, -0.25) is 14.9 Å². The number of aryl methyl sites for hydroxylation is 1. The first-order valence-corrected chi connectivity index (χ1v) is 7.77. The molecule has 9 heteroatoms. The molecule has 0 bridgehead atoms. The Hall–Kier alpha value is -2.84. The van der Waals surface area contributed by atoms with Crippen LogP contribution in [0.1, 0.15) is 35.6 Å². The van der Waals surface area contributed by atoms with Crippen molar-refractivity contribution in [1.29, 1.82) is 0 Å². The van der Waals surface area contributed by atoms with Gasteiger partial charge >= 0.3 is 18.0 Å².